The summed E-state index contributed by atoms with van der Waals surface area (Å²) in [4.78, 5) is 0.0966. The van der Waals surface area contributed by atoms with Crippen LogP contribution in [-0.4, -0.2) is 23.3 Å². The van der Waals surface area contributed by atoms with Gasteiger partial charge >= 0.3 is 0 Å². The summed E-state index contributed by atoms with van der Waals surface area (Å²) < 4.78 is 28.6. The summed E-state index contributed by atoms with van der Waals surface area (Å²) in [6.07, 6.45) is 0. The highest BCUT2D eigenvalue weighted by molar-refractivity contribution is 7.92. The van der Waals surface area contributed by atoms with Gasteiger partial charge in [-0.3, -0.25) is 9.40 Å². The molecule has 0 aliphatic carbocycles. The zero-order valence-electron chi connectivity index (χ0n) is 11.2. The van der Waals surface area contributed by atoms with Crippen molar-refractivity contribution in [1.82, 2.24) is 9.78 Å². The predicted molar refractivity (Wildman–Crippen MR) is 76.6 cm³/mol. The van der Waals surface area contributed by atoms with E-state index in [2.05, 4.69) is 9.82 Å². The van der Waals surface area contributed by atoms with E-state index in [0.29, 0.717) is 11.4 Å². The van der Waals surface area contributed by atoms with Crippen molar-refractivity contribution >= 4 is 27.3 Å². The van der Waals surface area contributed by atoms with Crippen molar-refractivity contribution in [2.45, 2.75) is 18.7 Å². The number of phenols is 1. The number of halogens is 1. The van der Waals surface area contributed by atoms with E-state index in [9.17, 15) is 13.5 Å². The first-order valence-electron chi connectivity index (χ1n) is 5.74. The molecular weight excluding hydrogens is 302 g/mol. The molecule has 1 aromatic carbocycles. The highest BCUT2D eigenvalue weighted by atomic mass is 35.5. The second-order valence-electron chi connectivity index (χ2n) is 4.37. The number of aromatic hydroxyl groups is 1. The van der Waals surface area contributed by atoms with Gasteiger partial charge in [0.2, 0.25) is 0 Å². The summed E-state index contributed by atoms with van der Waals surface area (Å²) in [5.41, 5.74) is 0.927. The number of benzene rings is 1. The molecule has 2 aromatic rings. The zero-order chi connectivity index (χ0) is 15.1. The van der Waals surface area contributed by atoms with E-state index in [4.69, 9.17) is 11.6 Å². The van der Waals surface area contributed by atoms with Crippen molar-refractivity contribution in [3.05, 3.63) is 34.6 Å². The molecule has 0 amide bonds. The Morgan fingerprint density at radius 2 is 2.00 bits per heavy atom. The molecule has 0 unspecified atom stereocenters. The van der Waals surface area contributed by atoms with Gasteiger partial charge in [0.25, 0.3) is 10.0 Å². The number of aromatic nitrogens is 2. The van der Waals surface area contributed by atoms with Crippen LogP contribution < -0.4 is 4.72 Å². The minimum atomic E-state index is -3.85. The number of anilines is 1. The Hall–Kier alpha value is -1.73. The maximum atomic E-state index is 12.4. The molecule has 108 valence electrons. The largest absolute Gasteiger partial charge is 0.504 e. The van der Waals surface area contributed by atoms with Crippen LogP contribution in [0.2, 0.25) is 5.02 Å². The van der Waals surface area contributed by atoms with Crippen LogP contribution in [0.25, 0.3) is 0 Å². The van der Waals surface area contributed by atoms with E-state index in [1.54, 1.807) is 27.0 Å². The first-order valence-corrected chi connectivity index (χ1v) is 7.60. The number of sulfonamides is 1. The van der Waals surface area contributed by atoms with Gasteiger partial charge in [-0.25, -0.2) is 8.42 Å². The number of para-hydroxylation sites is 1. The molecule has 2 N–H and O–H groups in total. The van der Waals surface area contributed by atoms with Crippen LogP contribution in [0.4, 0.5) is 5.69 Å². The van der Waals surface area contributed by atoms with Crippen LogP contribution >= 0.6 is 11.6 Å². The molecule has 0 radical (unpaired) electrons. The van der Waals surface area contributed by atoms with Crippen molar-refractivity contribution < 1.29 is 13.5 Å². The third kappa shape index (κ3) is 2.46. The molecule has 0 fully saturated rings. The zero-order valence-corrected chi connectivity index (χ0v) is 12.7. The minimum Gasteiger partial charge on any atom is -0.504 e. The minimum absolute atomic E-state index is 0.0279. The molecule has 1 aromatic heterocycles. The van der Waals surface area contributed by atoms with Gasteiger partial charge in [0.05, 0.1) is 22.1 Å². The molecular formula is C12H14ClN3O3S. The van der Waals surface area contributed by atoms with Gasteiger partial charge in [-0.05, 0) is 26.0 Å². The molecule has 0 spiro atoms. The van der Waals surface area contributed by atoms with Crippen LogP contribution in [0, 0.1) is 13.8 Å². The Kier molecular flexibility index (Phi) is 3.66. The van der Waals surface area contributed by atoms with Crippen molar-refractivity contribution in [2.24, 2.45) is 7.05 Å². The molecule has 0 atom stereocenters. The standard InChI is InChI=1S/C12H14ClN3O3S/c1-7-12(8(2)16(3)14-7)20(18,19)15-10-6-4-5-9(13)11(10)17/h4-6,15,17H,1-3H3. The summed E-state index contributed by atoms with van der Waals surface area (Å²) in [5, 5.41) is 13.9. The topological polar surface area (TPSA) is 84.2 Å². The van der Waals surface area contributed by atoms with Crippen LogP contribution in [0.15, 0.2) is 23.1 Å². The Labute approximate surface area is 122 Å². The van der Waals surface area contributed by atoms with E-state index in [1.807, 2.05) is 0 Å². The number of hydrogen-bond acceptors (Lipinski definition) is 4. The second-order valence-corrected chi connectivity index (χ2v) is 6.39. The molecule has 2 rings (SSSR count). The lowest BCUT2D eigenvalue weighted by atomic mass is 10.3. The van der Waals surface area contributed by atoms with E-state index < -0.39 is 10.0 Å². The van der Waals surface area contributed by atoms with Crippen molar-refractivity contribution in [3.63, 3.8) is 0 Å². The summed E-state index contributed by atoms with van der Waals surface area (Å²) in [6, 6.07) is 4.44. The smallest absolute Gasteiger partial charge is 0.265 e. The predicted octanol–water partition coefficient (Wildman–Crippen LogP) is 2.20. The lowest BCUT2D eigenvalue weighted by molar-refractivity contribution is 0.478. The van der Waals surface area contributed by atoms with Crippen LogP contribution in [0.3, 0.4) is 0 Å². The van der Waals surface area contributed by atoms with Gasteiger partial charge in [0.1, 0.15) is 4.90 Å². The number of rotatable bonds is 3. The molecule has 1 heterocycles. The van der Waals surface area contributed by atoms with E-state index in [0.717, 1.165) is 0 Å². The molecule has 20 heavy (non-hydrogen) atoms. The highest BCUT2D eigenvalue weighted by Crippen LogP contribution is 2.33. The van der Waals surface area contributed by atoms with Gasteiger partial charge in [-0.2, -0.15) is 5.10 Å². The summed E-state index contributed by atoms with van der Waals surface area (Å²) in [7, 11) is -2.18. The van der Waals surface area contributed by atoms with E-state index in [-0.39, 0.29) is 21.4 Å². The lowest BCUT2D eigenvalue weighted by Gasteiger charge is -2.10. The number of phenolic OH excluding ortho intramolecular Hbond substituents is 1. The number of hydrogen-bond donors (Lipinski definition) is 2. The molecule has 0 aliphatic rings. The molecule has 0 bridgehead atoms. The van der Waals surface area contributed by atoms with E-state index >= 15 is 0 Å². The average Bonchev–Trinajstić information content (AvgIpc) is 2.59. The Morgan fingerprint density at radius 1 is 1.35 bits per heavy atom. The quantitative estimate of drug-likeness (QED) is 0.850. The molecule has 8 heteroatoms. The molecule has 6 nitrogen and oxygen atoms in total. The Balaban J connectivity index is 2.49. The second kappa shape index (κ2) is 4.99. The maximum Gasteiger partial charge on any atom is 0.265 e. The first-order chi connectivity index (χ1) is 9.24. The van der Waals surface area contributed by atoms with Gasteiger partial charge in [0, 0.05) is 7.05 Å². The van der Waals surface area contributed by atoms with E-state index in [1.165, 1.54) is 16.8 Å². The summed E-state index contributed by atoms with van der Waals surface area (Å²) >= 11 is 5.75. The SMILES string of the molecule is Cc1nn(C)c(C)c1S(=O)(=O)Nc1cccc(Cl)c1O. The summed E-state index contributed by atoms with van der Waals surface area (Å²) in [5.74, 6) is -0.308. The highest BCUT2D eigenvalue weighted by Gasteiger charge is 2.25. The van der Waals surface area contributed by atoms with Gasteiger partial charge in [-0.1, -0.05) is 17.7 Å². The molecule has 0 saturated carbocycles. The fourth-order valence-corrected chi connectivity index (χ4v) is 3.62. The van der Waals surface area contributed by atoms with Gasteiger partial charge in [-0.15, -0.1) is 0 Å². The normalized spacial score (nSPS) is 11.6. The first kappa shape index (κ1) is 14.7. The molecule has 0 saturated heterocycles. The van der Waals surface area contributed by atoms with Crippen LogP contribution in [-0.2, 0) is 17.1 Å². The molecule has 0 aliphatic heterocycles. The summed E-state index contributed by atoms with van der Waals surface area (Å²) in [6.45, 7) is 3.27. The monoisotopic (exact) mass is 315 g/mol. The van der Waals surface area contributed by atoms with Gasteiger partial charge in [0.15, 0.2) is 5.75 Å². The fourth-order valence-electron chi connectivity index (χ4n) is 1.94. The lowest BCUT2D eigenvalue weighted by Crippen LogP contribution is -2.15. The van der Waals surface area contributed by atoms with Crippen molar-refractivity contribution in [2.75, 3.05) is 4.72 Å². The number of aryl methyl sites for hydroxylation is 2. The Bertz CT molecular complexity index is 768. The van der Waals surface area contributed by atoms with Crippen molar-refractivity contribution in [1.29, 1.82) is 0 Å². The number of nitrogens with zero attached hydrogens (tertiary/aromatic N) is 2. The average molecular weight is 316 g/mol. The van der Waals surface area contributed by atoms with Crippen LogP contribution in [0.1, 0.15) is 11.4 Å². The van der Waals surface area contributed by atoms with Crippen molar-refractivity contribution in [3.8, 4) is 5.75 Å². The third-order valence-corrected chi connectivity index (χ3v) is 4.86. The third-order valence-electron chi connectivity index (χ3n) is 2.94. The number of nitrogens with one attached hydrogen (secondary N) is 1. The maximum absolute atomic E-state index is 12.4. The fraction of sp³-hybridized carbons (Fsp3) is 0.250. The van der Waals surface area contributed by atoms with Crippen LogP contribution in [0.5, 0.6) is 5.75 Å². The Morgan fingerprint density at radius 3 is 2.55 bits per heavy atom. The van der Waals surface area contributed by atoms with Gasteiger partial charge < -0.3 is 5.11 Å².